The highest BCUT2D eigenvalue weighted by Crippen LogP contribution is 2.31. The fraction of sp³-hybridized carbons (Fsp3) is 0.400. The minimum atomic E-state index is -0.377. The van der Waals surface area contributed by atoms with Gasteiger partial charge in [0.15, 0.2) is 17.8 Å². The minimum absolute atomic E-state index is 0.309. The Morgan fingerprint density at radius 1 is 1.12 bits per heavy atom. The molecule has 1 saturated carbocycles. The van der Waals surface area contributed by atoms with Crippen molar-refractivity contribution in [3.05, 3.63) is 53.7 Å². The van der Waals surface area contributed by atoms with Gasteiger partial charge in [-0.15, -0.1) is 0 Å². The Morgan fingerprint density at radius 3 is 2.62 bits per heavy atom. The third kappa shape index (κ3) is 4.17. The van der Waals surface area contributed by atoms with E-state index in [1.165, 1.54) is 18.9 Å². The lowest BCUT2D eigenvalue weighted by atomic mass is 10.0. The predicted octanol–water partition coefficient (Wildman–Crippen LogP) is 4.48. The molecule has 0 spiro atoms. The maximum Gasteiger partial charge on any atom is 0.173 e. The van der Waals surface area contributed by atoms with E-state index in [0.717, 1.165) is 49.5 Å². The Hall–Kier alpha value is -3.06. The quantitative estimate of drug-likeness (QED) is 0.327. The molecule has 2 aromatic heterocycles. The number of rotatable bonds is 6. The second-order valence-corrected chi connectivity index (χ2v) is 8.99. The summed E-state index contributed by atoms with van der Waals surface area (Å²) in [5, 5.41) is 0. The highest BCUT2D eigenvalue weighted by atomic mass is 19.1. The van der Waals surface area contributed by atoms with E-state index >= 15 is 0 Å². The number of pyridine rings is 1. The van der Waals surface area contributed by atoms with Gasteiger partial charge in [-0.25, -0.2) is 14.4 Å². The van der Waals surface area contributed by atoms with Crippen LogP contribution >= 0.6 is 0 Å². The molecule has 0 atom stereocenters. The smallest absolute Gasteiger partial charge is 0.173 e. The SMILES string of the molecule is Cc1cn2cc(-c3ccc(C=O)c(/N=C\N(C)C4CCN(C5CC5)CC4)c3)cc(F)c2n1. The van der Waals surface area contributed by atoms with Crippen LogP contribution in [-0.4, -0.2) is 64.0 Å². The second-order valence-electron chi connectivity index (χ2n) is 8.99. The maximum absolute atomic E-state index is 14.6. The maximum atomic E-state index is 14.6. The molecule has 0 amide bonds. The van der Waals surface area contributed by atoms with Crippen LogP contribution in [0.25, 0.3) is 16.8 Å². The van der Waals surface area contributed by atoms with Crippen molar-refractivity contribution in [1.82, 2.24) is 19.2 Å². The molecule has 0 N–H and O–H groups in total. The van der Waals surface area contributed by atoms with Gasteiger partial charge in [0.1, 0.15) is 0 Å². The number of fused-ring (bicyclic) bond motifs is 1. The molecule has 0 radical (unpaired) electrons. The number of hydrogen-bond acceptors (Lipinski definition) is 4. The molecule has 1 saturated heterocycles. The van der Waals surface area contributed by atoms with Gasteiger partial charge in [0.25, 0.3) is 0 Å². The molecule has 1 aromatic carbocycles. The van der Waals surface area contributed by atoms with Crippen LogP contribution < -0.4 is 0 Å². The van der Waals surface area contributed by atoms with E-state index in [0.29, 0.717) is 28.5 Å². The summed E-state index contributed by atoms with van der Waals surface area (Å²) in [7, 11) is 2.05. The van der Waals surface area contributed by atoms with Gasteiger partial charge in [-0.3, -0.25) is 4.79 Å². The van der Waals surface area contributed by atoms with Crippen LogP contribution in [-0.2, 0) is 0 Å². The minimum Gasteiger partial charge on any atom is -0.363 e. The Balaban J connectivity index is 1.37. The Morgan fingerprint density at radius 2 is 1.91 bits per heavy atom. The van der Waals surface area contributed by atoms with Crippen LogP contribution in [0.15, 0.2) is 41.7 Å². The molecule has 1 aliphatic carbocycles. The highest BCUT2D eigenvalue weighted by molar-refractivity contribution is 5.87. The van der Waals surface area contributed by atoms with Crippen molar-refractivity contribution in [2.45, 2.75) is 44.7 Å². The van der Waals surface area contributed by atoms with Gasteiger partial charge in [-0.1, -0.05) is 6.07 Å². The van der Waals surface area contributed by atoms with Crippen LogP contribution in [0.2, 0.25) is 0 Å². The van der Waals surface area contributed by atoms with Crippen molar-refractivity contribution in [1.29, 1.82) is 0 Å². The molecule has 32 heavy (non-hydrogen) atoms. The van der Waals surface area contributed by atoms with Gasteiger partial charge in [0, 0.05) is 55.7 Å². The van der Waals surface area contributed by atoms with Crippen LogP contribution in [0.3, 0.4) is 0 Å². The molecular weight excluding hydrogens is 405 g/mol. The zero-order valence-corrected chi connectivity index (χ0v) is 18.5. The fourth-order valence-electron chi connectivity index (χ4n) is 4.62. The van der Waals surface area contributed by atoms with Crippen LogP contribution in [0.5, 0.6) is 0 Å². The molecule has 7 heteroatoms. The molecule has 5 rings (SSSR count). The van der Waals surface area contributed by atoms with Crippen molar-refractivity contribution < 1.29 is 9.18 Å². The van der Waals surface area contributed by atoms with Crippen LogP contribution in [0.4, 0.5) is 10.1 Å². The van der Waals surface area contributed by atoms with Gasteiger partial charge in [-0.05, 0) is 56.4 Å². The summed E-state index contributed by atoms with van der Waals surface area (Å²) in [4.78, 5) is 25.2. The average molecular weight is 434 g/mol. The molecule has 0 bridgehead atoms. The number of piperidine rings is 1. The van der Waals surface area contributed by atoms with E-state index in [-0.39, 0.29) is 5.82 Å². The lowest BCUT2D eigenvalue weighted by molar-refractivity contribution is 0.112. The summed E-state index contributed by atoms with van der Waals surface area (Å²) < 4.78 is 16.2. The Kier molecular flexibility index (Phi) is 5.51. The monoisotopic (exact) mass is 433 g/mol. The molecular formula is C25H28FN5O. The number of benzene rings is 1. The van der Waals surface area contributed by atoms with Gasteiger partial charge in [0.2, 0.25) is 0 Å². The Bertz CT molecular complexity index is 1170. The zero-order chi connectivity index (χ0) is 22.2. The number of carbonyl (C=O) groups is 1. The lowest BCUT2D eigenvalue weighted by Crippen LogP contribution is -2.43. The molecule has 166 valence electrons. The van der Waals surface area contributed by atoms with Crippen LogP contribution in [0.1, 0.15) is 41.7 Å². The Labute approximate surface area is 187 Å². The molecule has 3 heterocycles. The van der Waals surface area contributed by atoms with Crippen LogP contribution in [0, 0.1) is 12.7 Å². The largest absolute Gasteiger partial charge is 0.363 e. The first-order valence-electron chi connectivity index (χ1n) is 11.3. The first-order chi connectivity index (χ1) is 15.5. The van der Waals surface area contributed by atoms with E-state index < -0.39 is 0 Å². The number of aldehydes is 1. The summed E-state index contributed by atoms with van der Waals surface area (Å²) in [6.07, 6.45) is 11.2. The lowest BCUT2D eigenvalue weighted by Gasteiger charge is -2.36. The summed E-state index contributed by atoms with van der Waals surface area (Å²) in [5.74, 6) is -0.377. The first-order valence-corrected chi connectivity index (χ1v) is 11.3. The topological polar surface area (TPSA) is 53.2 Å². The molecule has 3 aromatic rings. The van der Waals surface area contributed by atoms with E-state index in [1.807, 2.05) is 31.6 Å². The standard InChI is InChI=1S/C25H28FN5O/c1-17-13-31-14-20(11-23(26)25(31)28-17)18-3-4-19(15-32)24(12-18)27-16-29(2)21-7-9-30(10-8-21)22-5-6-22/h3-4,11-16,21-22H,5-10H2,1-2H3/b27-16-. The number of nitrogens with zero attached hydrogens (tertiary/aromatic N) is 5. The third-order valence-electron chi connectivity index (χ3n) is 6.63. The summed E-state index contributed by atoms with van der Waals surface area (Å²) in [5.41, 5.74) is 3.68. The summed E-state index contributed by atoms with van der Waals surface area (Å²) in [6, 6.07) is 8.16. The zero-order valence-electron chi connectivity index (χ0n) is 18.5. The van der Waals surface area contributed by atoms with Gasteiger partial charge >= 0.3 is 0 Å². The predicted molar refractivity (Wildman–Crippen MR) is 124 cm³/mol. The number of carbonyl (C=O) groups excluding carboxylic acids is 1. The van der Waals surface area contributed by atoms with Crippen molar-refractivity contribution in [2.75, 3.05) is 20.1 Å². The highest BCUT2D eigenvalue weighted by Gasteiger charge is 2.32. The van der Waals surface area contributed by atoms with E-state index in [4.69, 9.17) is 0 Å². The normalized spacial score (nSPS) is 18.0. The number of halogens is 1. The van der Waals surface area contributed by atoms with Crippen molar-refractivity contribution in [3.63, 3.8) is 0 Å². The number of hydrogen-bond donors (Lipinski definition) is 0. The summed E-state index contributed by atoms with van der Waals surface area (Å²) in [6.45, 7) is 4.12. The van der Waals surface area contributed by atoms with Crippen molar-refractivity contribution >= 4 is 24.0 Å². The molecule has 2 fully saturated rings. The number of aromatic nitrogens is 2. The average Bonchev–Trinajstić information content (AvgIpc) is 3.58. The molecule has 2 aliphatic rings. The van der Waals surface area contributed by atoms with Gasteiger partial charge < -0.3 is 14.2 Å². The molecule has 0 unspecified atom stereocenters. The van der Waals surface area contributed by atoms with E-state index in [9.17, 15) is 9.18 Å². The van der Waals surface area contributed by atoms with Crippen molar-refractivity contribution in [3.8, 4) is 11.1 Å². The number of likely N-dealkylation sites (tertiary alicyclic amines) is 1. The molecule has 6 nitrogen and oxygen atoms in total. The van der Waals surface area contributed by atoms with E-state index in [1.54, 1.807) is 16.7 Å². The number of imidazole rings is 1. The fourth-order valence-corrected chi connectivity index (χ4v) is 4.62. The van der Waals surface area contributed by atoms with Gasteiger partial charge in [-0.2, -0.15) is 0 Å². The number of aliphatic imine (C=N–C) groups is 1. The molecule has 1 aliphatic heterocycles. The number of aryl methyl sites for hydroxylation is 1. The van der Waals surface area contributed by atoms with Gasteiger partial charge in [0.05, 0.1) is 17.7 Å². The summed E-state index contributed by atoms with van der Waals surface area (Å²) >= 11 is 0. The third-order valence-corrected chi connectivity index (χ3v) is 6.63. The van der Waals surface area contributed by atoms with E-state index in [2.05, 4.69) is 26.8 Å². The second kappa shape index (κ2) is 8.47. The van der Waals surface area contributed by atoms with Crippen molar-refractivity contribution in [2.24, 2.45) is 4.99 Å². The first kappa shape index (κ1) is 20.8.